The zero-order valence-corrected chi connectivity index (χ0v) is 18.3. The number of nitrogens with zero attached hydrogens (tertiary/aromatic N) is 4. The molecule has 2 N–H and O–H groups in total. The Labute approximate surface area is 184 Å². The molecule has 0 radical (unpaired) electrons. The number of alkyl halides is 3. The van der Waals surface area contributed by atoms with Crippen LogP contribution in [0.3, 0.4) is 0 Å². The van der Waals surface area contributed by atoms with E-state index >= 15 is 0 Å². The van der Waals surface area contributed by atoms with E-state index in [2.05, 4.69) is 25.5 Å². The quantitative estimate of drug-likeness (QED) is 0.601. The molecule has 1 saturated heterocycles. The summed E-state index contributed by atoms with van der Waals surface area (Å²) in [5, 5.41) is 14.5. The summed E-state index contributed by atoms with van der Waals surface area (Å²) in [6.07, 6.45) is 0.176. The largest absolute Gasteiger partial charge is 0.348 e. The van der Waals surface area contributed by atoms with E-state index in [1.165, 1.54) is 13.2 Å². The predicted molar refractivity (Wildman–Crippen MR) is 115 cm³/mol. The predicted octanol–water partition coefficient (Wildman–Crippen LogP) is 3.84. The normalized spacial score (nSPS) is 16.2. The third kappa shape index (κ3) is 4.64. The van der Waals surface area contributed by atoms with E-state index in [-0.39, 0.29) is 23.3 Å². The molecule has 0 saturated carbocycles. The molecule has 4 rings (SSSR count). The molecular weight excluding hydrogens is 421 g/mol. The van der Waals surface area contributed by atoms with Crippen LogP contribution in [-0.4, -0.2) is 62.1 Å². The molecule has 1 aliphatic heterocycles. The van der Waals surface area contributed by atoms with Crippen molar-refractivity contribution in [1.29, 1.82) is 0 Å². The molecule has 3 aromatic rings. The Balaban J connectivity index is 1.51. The van der Waals surface area contributed by atoms with Crippen molar-refractivity contribution in [1.82, 2.24) is 30.2 Å². The molecule has 1 fully saturated rings. The minimum Gasteiger partial charge on any atom is -0.348 e. The number of aromatic nitrogens is 4. The van der Waals surface area contributed by atoms with E-state index in [0.29, 0.717) is 41.7 Å². The van der Waals surface area contributed by atoms with Crippen molar-refractivity contribution in [3.63, 3.8) is 0 Å². The zero-order chi connectivity index (χ0) is 23.0. The smallest absolute Gasteiger partial charge is 0.280 e. The van der Waals surface area contributed by atoms with Gasteiger partial charge in [0.2, 0.25) is 0 Å². The van der Waals surface area contributed by atoms with Crippen LogP contribution in [0.25, 0.3) is 22.0 Å². The van der Waals surface area contributed by atoms with Gasteiger partial charge in [-0.2, -0.15) is 10.2 Å². The molecule has 0 spiro atoms. The number of H-pyrrole nitrogens is 1. The Hall–Kier alpha value is -2.88. The van der Waals surface area contributed by atoms with Gasteiger partial charge in [-0.05, 0) is 44.4 Å². The molecule has 172 valence electrons. The number of rotatable bonds is 6. The molecule has 0 aliphatic carbocycles. The second-order valence-electron chi connectivity index (χ2n) is 8.94. The molecule has 1 amide bonds. The van der Waals surface area contributed by atoms with Crippen LogP contribution >= 0.6 is 0 Å². The number of halogens is 3. The maximum atomic E-state index is 13.9. The fraction of sp³-hybridized carbons (Fsp3) is 0.500. The summed E-state index contributed by atoms with van der Waals surface area (Å²) in [5.41, 5.74) is 0.291. The number of hydrogen-bond acceptors (Lipinski definition) is 4. The first-order valence-electron chi connectivity index (χ1n) is 10.6. The number of amides is 1. The highest BCUT2D eigenvalue weighted by molar-refractivity contribution is 6.05. The van der Waals surface area contributed by atoms with Gasteiger partial charge < -0.3 is 10.2 Å². The molecule has 1 aliphatic rings. The SMILES string of the molecule is Cn1ncc(-c2ccc3[nH]nc(C(=O)NC4CCN(CC(C)(C)F)CC4)c3c2)c1C(F)F. The van der Waals surface area contributed by atoms with Gasteiger partial charge in [-0.15, -0.1) is 0 Å². The van der Waals surface area contributed by atoms with Crippen LogP contribution in [0.15, 0.2) is 24.4 Å². The third-order valence-electron chi connectivity index (χ3n) is 5.80. The number of nitrogens with one attached hydrogen (secondary N) is 2. The average Bonchev–Trinajstić information content (AvgIpc) is 3.31. The zero-order valence-electron chi connectivity index (χ0n) is 18.3. The summed E-state index contributed by atoms with van der Waals surface area (Å²) >= 11 is 0. The van der Waals surface area contributed by atoms with Gasteiger partial charge in [0, 0.05) is 43.7 Å². The lowest BCUT2D eigenvalue weighted by molar-refractivity contribution is 0.0844. The number of likely N-dealkylation sites (tertiary alicyclic amines) is 1. The van der Waals surface area contributed by atoms with Crippen LogP contribution in [0.2, 0.25) is 0 Å². The van der Waals surface area contributed by atoms with Crippen molar-refractivity contribution in [2.75, 3.05) is 19.6 Å². The number of carbonyl (C=O) groups excluding carboxylic acids is 1. The van der Waals surface area contributed by atoms with Gasteiger partial charge in [0.25, 0.3) is 12.3 Å². The maximum Gasteiger partial charge on any atom is 0.280 e. The first-order valence-corrected chi connectivity index (χ1v) is 10.6. The minimum absolute atomic E-state index is 0.0276. The Morgan fingerprint density at radius 1 is 1.31 bits per heavy atom. The minimum atomic E-state index is -2.67. The number of fused-ring (bicyclic) bond motifs is 1. The first kappa shape index (κ1) is 22.3. The number of carbonyl (C=O) groups is 1. The molecule has 1 aromatic carbocycles. The number of benzene rings is 1. The van der Waals surface area contributed by atoms with Crippen LogP contribution < -0.4 is 5.32 Å². The van der Waals surface area contributed by atoms with Crippen LogP contribution in [0.1, 0.15) is 49.3 Å². The lowest BCUT2D eigenvalue weighted by atomic mass is 10.0. The fourth-order valence-electron chi connectivity index (χ4n) is 4.30. The summed E-state index contributed by atoms with van der Waals surface area (Å²) < 4.78 is 42.0. The monoisotopic (exact) mass is 448 g/mol. The molecule has 7 nitrogen and oxygen atoms in total. The number of aromatic amines is 1. The highest BCUT2D eigenvalue weighted by Gasteiger charge is 2.27. The van der Waals surface area contributed by atoms with E-state index in [4.69, 9.17) is 0 Å². The van der Waals surface area contributed by atoms with Gasteiger partial charge in [-0.3, -0.25) is 14.6 Å². The maximum absolute atomic E-state index is 13.9. The molecule has 2 aromatic heterocycles. The fourth-order valence-corrected chi connectivity index (χ4v) is 4.30. The van der Waals surface area contributed by atoms with Gasteiger partial charge in [0.15, 0.2) is 5.69 Å². The van der Waals surface area contributed by atoms with Gasteiger partial charge in [-0.1, -0.05) is 6.07 Å². The van der Waals surface area contributed by atoms with Gasteiger partial charge in [0.05, 0.1) is 11.7 Å². The molecular formula is C22H27F3N6O. The average molecular weight is 448 g/mol. The molecule has 10 heteroatoms. The highest BCUT2D eigenvalue weighted by atomic mass is 19.3. The highest BCUT2D eigenvalue weighted by Crippen LogP contribution is 2.32. The van der Waals surface area contributed by atoms with Gasteiger partial charge in [0.1, 0.15) is 11.4 Å². The van der Waals surface area contributed by atoms with Gasteiger partial charge in [-0.25, -0.2) is 13.2 Å². The van der Waals surface area contributed by atoms with Crippen molar-refractivity contribution in [2.24, 2.45) is 7.05 Å². The van der Waals surface area contributed by atoms with Crippen LogP contribution in [-0.2, 0) is 7.05 Å². The topological polar surface area (TPSA) is 78.8 Å². The third-order valence-corrected chi connectivity index (χ3v) is 5.80. The summed E-state index contributed by atoms with van der Waals surface area (Å²) in [6, 6.07) is 5.07. The van der Waals surface area contributed by atoms with Crippen molar-refractivity contribution in [3.8, 4) is 11.1 Å². The second kappa shape index (κ2) is 8.57. The van der Waals surface area contributed by atoms with E-state index in [1.54, 1.807) is 32.0 Å². The summed E-state index contributed by atoms with van der Waals surface area (Å²) in [7, 11) is 1.47. The Kier molecular flexibility index (Phi) is 5.98. The second-order valence-corrected chi connectivity index (χ2v) is 8.94. The number of aryl methyl sites for hydroxylation is 1. The first-order chi connectivity index (χ1) is 15.1. The van der Waals surface area contributed by atoms with Crippen molar-refractivity contribution < 1.29 is 18.0 Å². The molecule has 32 heavy (non-hydrogen) atoms. The number of hydrogen-bond donors (Lipinski definition) is 2. The number of piperidine rings is 1. The molecule has 0 unspecified atom stereocenters. The van der Waals surface area contributed by atoms with Crippen molar-refractivity contribution in [3.05, 3.63) is 35.8 Å². The lowest BCUT2D eigenvalue weighted by Gasteiger charge is -2.34. The van der Waals surface area contributed by atoms with E-state index < -0.39 is 12.1 Å². The summed E-state index contributed by atoms with van der Waals surface area (Å²) in [4.78, 5) is 15.0. The van der Waals surface area contributed by atoms with Gasteiger partial charge >= 0.3 is 0 Å². The van der Waals surface area contributed by atoms with Crippen molar-refractivity contribution >= 4 is 16.8 Å². The van der Waals surface area contributed by atoms with Crippen LogP contribution in [0.5, 0.6) is 0 Å². The van der Waals surface area contributed by atoms with E-state index in [9.17, 15) is 18.0 Å². The molecule has 0 bridgehead atoms. The van der Waals surface area contributed by atoms with E-state index in [0.717, 1.165) is 17.5 Å². The molecule has 0 atom stereocenters. The van der Waals surface area contributed by atoms with Crippen LogP contribution in [0.4, 0.5) is 13.2 Å². The van der Waals surface area contributed by atoms with Crippen LogP contribution in [0, 0.1) is 0 Å². The Morgan fingerprint density at radius 3 is 2.69 bits per heavy atom. The summed E-state index contributed by atoms with van der Waals surface area (Å²) in [5.74, 6) is -0.321. The summed E-state index contributed by atoms with van der Waals surface area (Å²) in [6.45, 7) is 4.92. The Morgan fingerprint density at radius 2 is 2.03 bits per heavy atom. The standard InChI is InChI=1S/C22H27F3N6O/c1-22(2,25)12-31-8-6-14(7-9-31)27-21(32)18-15-10-13(4-5-17(15)28-29-18)16-11-26-30(3)19(16)20(23)24/h4-5,10-11,14,20H,6-9,12H2,1-3H3,(H,27,32)(H,28,29). The lowest BCUT2D eigenvalue weighted by Crippen LogP contribution is -2.47. The van der Waals surface area contributed by atoms with E-state index in [1.807, 2.05) is 0 Å². The van der Waals surface area contributed by atoms with Crippen molar-refractivity contribution in [2.45, 2.75) is 44.8 Å². The Bertz CT molecular complexity index is 1110. The molecule has 3 heterocycles.